The molecule has 44 heavy (non-hydrogen) atoms. The van der Waals surface area contributed by atoms with Crippen LogP contribution in [0.5, 0.6) is 0 Å². The maximum Gasteiger partial charge on any atom is 0.248 e. The summed E-state index contributed by atoms with van der Waals surface area (Å²) in [5, 5.41) is 15.4. The highest BCUT2D eigenvalue weighted by atomic mass is 79.9. The number of nitrogens with one attached hydrogen (secondary N) is 2. The third-order valence-electron chi connectivity index (χ3n) is 7.12. The van der Waals surface area contributed by atoms with Crippen LogP contribution in [0.25, 0.3) is 11.1 Å². The molecule has 0 aliphatic carbocycles. The summed E-state index contributed by atoms with van der Waals surface area (Å²) in [7, 11) is 0. The fourth-order valence-electron chi connectivity index (χ4n) is 5.08. The van der Waals surface area contributed by atoms with E-state index in [9.17, 15) is 28.3 Å². The normalized spacial score (nSPS) is 12.8. The Morgan fingerprint density at radius 1 is 1.05 bits per heavy atom. The molecule has 9 nitrogen and oxygen atoms in total. The van der Waals surface area contributed by atoms with Crippen LogP contribution in [0.1, 0.15) is 44.5 Å². The first-order valence-electron chi connectivity index (χ1n) is 14.3. The Morgan fingerprint density at radius 2 is 1.73 bits per heavy atom. The number of halogens is 3. The van der Waals surface area contributed by atoms with Gasteiger partial charge in [0.2, 0.25) is 17.7 Å². The maximum atomic E-state index is 14.9. The lowest BCUT2D eigenvalue weighted by atomic mass is 9.82. The number of nitrogens with two attached hydrogens (primary N) is 1. The Kier molecular flexibility index (Phi) is 12.6. The van der Waals surface area contributed by atoms with Crippen LogP contribution < -0.4 is 16.4 Å². The van der Waals surface area contributed by atoms with E-state index in [1.165, 1.54) is 4.90 Å². The summed E-state index contributed by atoms with van der Waals surface area (Å²) < 4.78 is 31.0. The number of aliphatic hydroxyl groups excluding tert-OH is 1. The minimum absolute atomic E-state index is 0.0381. The van der Waals surface area contributed by atoms with Gasteiger partial charge in [0.1, 0.15) is 18.2 Å². The number of benzene rings is 2. The van der Waals surface area contributed by atoms with Crippen molar-refractivity contribution in [2.45, 2.75) is 45.8 Å². The largest absolute Gasteiger partial charge is 0.387 e. The number of carbonyl (C=O) groups excluding carboxylic acids is 3. The first-order valence-corrected chi connectivity index (χ1v) is 15.4. The molecule has 1 heterocycles. The second-order valence-corrected chi connectivity index (χ2v) is 12.1. The van der Waals surface area contributed by atoms with Gasteiger partial charge < -0.3 is 30.9 Å². The van der Waals surface area contributed by atoms with Crippen LogP contribution in [0.3, 0.4) is 0 Å². The van der Waals surface area contributed by atoms with Crippen molar-refractivity contribution >= 4 is 33.7 Å². The molecular formula is C32H40BrF2N5O4. The maximum absolute atomic E-state index is 14.9. The molecule has 0 saturated carbocycles. The molecule has 3 rings (SSSR count). The van der Waals surface area contributed by atoms with Gasteiger partial charge in [0, 0.05) is 49.2 Å². The Morgan fingerprint density at radius 3 is 2.36 bits per heavy atom. The van der Waals surface area contributed by atoms with E-state index in [0.29, 0.717) is 17.8 Å². The fraction of sp³-hybridized carbons (Fsp3) is 0.406. The highest BCUT2D eigenvalue weighted by Crippen LogP contribution is 2.41. The van der Waals surface area contributed by atoms with Gasteiger partial charge in [-0.1, -0.05) is 67.0 Å². The summed E-state index contributed by atoms with van der Waals surface area (Å²) in [6, 6.07) is 13.0. The average molecular weight is 677 g/mol. The lowest BCUT2D eigenvalue weighted by Gasteiger charge is -2.41. The Hall–Kier alpha value is -3.61. The van der Waals surface area contributed by atoms with Crippen LogP contribution in [0, 0.1) is 17.0 Å². The van der Waals surface area contributed by atoms with Crippen molar-refractivity contribution in [3.63, 3.8) is 0 Å². The number of hydrogen-bond donors (Lipinski definition) is 4. The van der Waals surface area contributed by atoms with Gasteiger partial charge in [0.05, 0.1) is 17.4 Å². The minimum Gasteiger partial charge on any atom is -0.387 e. The van der Waals surface area contributed by atoms with E-state index in [4.69, 9.17) is 5.73 Å². The zero-order chi connectivity index (χ0) is 32.4. The molecule has 1 aromatic heterocycles. The van der Waals surface area contributed by atoms with E-state index in [1.54, 1.807) is 12.3 Å². The van der Waals surface area contributed by atoms with Crippen LogP contribution in [-0.2, 0) is 20.9 Å². The second kappa shape index (κ2) is 15.9. The first kappa shape index (κ1) is 34.9. The standard InChI is InChI=1S/C32H40BrF2N5O4/c1-32(2,3)30(40(29(43)20-41)14-11-26(36)31(44)38-13-12-37-28(42)17-33)27-15-22(24-16-23(34)9-10-25(24)35)19-39(27)18-21-7-5-4-6-8-21/h4-10,15-16,19,26,30,41H,11-14,17-18,20,36H2,1-3H3,(H,37,42)(H,38,44)/t26-,30-/m0/s1. The van der Waals surface area contributed by atoms with Crippen molar-refractivity contribution in [3.8, 4) is 11.1 Å². The van der Waals surface area contributed by atoms with Gasteiger partial charge in [-0.25, -0.2) is 8.78 Å². The summed E-state index contributed by atoms with van der Waals surface area (Å²) in [6.07, 6.45) is 1.82. The van der Waals surface area contributed by atoms with Gasteiger partial charge in [-0.2, -0.15) is 0 Å². The molecule has 0 bridgehead atoms. The third-order valence-corrected chi connectivity index (χ3v) is 7.63. The zero-order valence-corrected chi connectivity index (χ0v) is 26.7. The van der Waals surface area contributed by atoms with Crippen molar-refractivity contribution in [3.05, 3.63) is 83.7 Å². The molecule has 2 aromatic carbocycles. The summed E-state index contributed by atoms with van der Waals surface area (Å²) in [6.45, 7) is 5.87. The van der Waals surface area contributed by atoms with Crippen LogP contribution in [0.2, 0.25) is 0 Å². The van der Waals surface area contributed by atoms with E-state index in [0.717, 1.165) is 23.8 Å². The summed E-state index contributed by atoms with van der Waals surface area (Å²) >= 11 is 3.05. The lowest BCUT2D eigenvalue weighted by molar-refractivity contribution is -0.140. The molecule has 3 aromatic rings. The number of alkyl halides is 1. The second-order valence-electron chi connectivity index (χ2n) is 11.6. The Balaban J connectivity index is 1.97. The van der Waals surface area contributed by atoms with Gasteiger partial charge in [-0.3, -0.25) is 14.4 Å². The Bertz CT molecular complexity index is 1430. The monoisotopic (exact) mass is 675 g/mol. The van der Waals surface area contributed by atoms with Crippen LogP contribution in [0.4, 0.5) is 8.78 Å². The van der Waals surface area contributed by atoms with E-state index in [1.807, 2.05) is 55.7 Å². The highest BCUT2D eigenvalue weighted by molar-refractivity contribution is 9.09. The van der Waals surface area contributed by atoms with E-state index in [-0.39, 0.29) is 42.9 Å². The molecule has 2 atom stereocenters. The molecule has 0 fully saturated rings. The van der Waals surface area contributed by atoms with Crippen LogP contribution in [-0.4, -0.2) is 69.9 Å². The average Bonchev–Trinajstić information content (AvgIpc) is 3.39. The van der Waals surface area contributed by atoms with Gasteiger partial charge in [0.15, 0.2) is 0 Å². The molecule has 238 valence electrons. The number of nitrogens with zero attached hydrogens (tertiary/aromatic N) is 2. The molecule has 5 N–H and O–H groups in total. The number of carbonyl (C=O) groups is 3. The van der Waals surface area contributed by atoms with Gasteiger partial charge in [-0.05, 0) is 41.7 Å². The minimum atomic E-state index is -0.968. The molecule has 3 amide bonds. The SMILES string of the molecule is CC(C)(C)[C@H](c1cc(-c2cc(F)ccc2F)cn1Cc1ccccc1)N(CC[C@H](N)C(=O)NCCNC(=O)CBr)C(=O)CO. The molecule has 0 aliphatic rings. The predicted octanol–water partition coefficient (Wildman–Crippen LogP) is 3.73. The van der Waals surface area contributed by atoms with Crippen LogP contribution >= 0.6 is 15.9 Å². The number of aromatic nitrogens is 1. The first-order chi connectivity index (χ1) is 20.8. The van der Waals surface area contributed by atoms with Crippen LogP contribution in [0.15, 0.2) is 60.8 Å². The third kappa shape index (κ3) is 9.44. The van der Waals surface area contributed by atoms with Crippen molar-refractivity contribution in [1.29, 1.82) is 0 Å². The zero-order valence-electron chi connectivity index (χ0n) is 25.2. The molecule has 0 aliphatic heterocycles. The van der Waals surface area contributed by atoms with Gasteiger partial charge >= 0.3 is 0 Å². The van der Waals surface area contributed by atoms with Crippen molar-refractivity contribution < 1.29 is 28.3 Å². The predicted molar refractivity (Wildman–Crippen MR) is 169 cm³/mol. The molecule has 0 radical (unpaired) electrons. The molecule has 12 heteroatoms. The summed E-state index contributed by atoms with van der Waals surface area (Å²) in [5.41, 5.74) is 7.68. The van der Waals surface area contributed by atoms with E-state index in [2.05, 4.69) is 26.6 Å². The Labute approximate surface area is 264 Å². The number of aliphatic hydroxyl groups is 1. The molecule has 0 spiro atoms. The van der Waals surface area contributed by atoms with Gasteiger partial charge in [-0.15, -0.1) is 0 Å². The number of rotatable bonds is 14. The quantitative estimate of drug-likeness (QED) is 0.153. The van der Waals surface area contributed by atoms with Crippen molar-refractivity contribution in [1.82, 2.24) is 20.1 Å². The topological polar surface area (TPSA) is 130 Å². The highest BCUT2D eigenvalue weighted by Gasteiger charge is 2.37. The van der Waals surface area contributed by atoms with E-state index >= 15 is 0 Å². The lowest BCUT2D eigenvalue weighted by Crippen LogP contribution is -2.48. The molecule has 0 saturated heterocycles. The molecular weight excluding hydrogens is 636 g/mol. The smallest absolute Gasteiger partial charge is 0.248 e. The van der Waals surface area contributed by atoms with E-state index < -0.39 is 47.6 Å². The molecule has 0 unspecified atom stereocenters. The van der Waals surface area contributed by atoms with Crippen molar-refractivity contribution in [2.75, 3.05) is 31.6 Å². The number of amides is 3. The fourth-order valence-corrected chi connectivity index (χ4v) is 5.27. The summed E-state index contributed by atoms with van der Waals surface area (Å²) in [4.78, 5) is 38.8. The van der Waals surface area contributed by atoms with Crippen molar-refractivity contribution in [2.24, 2.45) is 11.1 Å². The summed E-state index contributed by atoms with van der Waals surface area (Å²) in [5.74, 6) is -2.40. The van der Waals surface area contributed by atoms with Gasteiger partial charge in [0.25, 0.3) is 0 Å². The number of hydrogen-bond acceptors (Lipinski definition) is 5.